The van der Waals surface area contributed by atoms with E-state index in [1.807, 2.05) is 12.1 Å². The summed E-state index contributed by atoms with van der Waals surface area (Å²) < 4.78 is 0. The molecule has 94 valence electrons. The molecule has 0 heterocycles. The number of rotatable bonds is 7. The molecular formula is C12H18N2O2S. The van der Waals surface area contributed by atoms with Crippen molar-refractivity contribution in [2.24, 2.45) is 0 Å². The number of nitro benzene ring substituents is 1. The zero-order chi connectivity index (χ0) is 12.7. The van der Waals surface area contributed by atoms with Crippen LogP contribution in [0.25, 0.3) is 0 Å². The van der Waals surface area contributed by atoms with Crippen LogP contribution in [-0.4, -0.2) is 23.3 Å². The van der Waals surface area contributed by atoms with Crippen LogP contribution in [-0.2, 0) is 0 Å². The van der Waals surface area contributed by atoms with Gasteiger partial charge in [0.15, 0.2) is 0 Å². The van der Waals surface area contributed by atoms with Gasteiger partial charge in [-0.25, -0.2) is 0 Å². The van der Waals surface area contributed by atoms with Gasteiger partial charge in [-0.1, -0.05) is 26.0 Å². The molecule has 0 aliphatic carbocycles. The predicted molar refractivity (Wildman–Crippen MR) is 71.6 cm³/mol. The van der Waals surface area contributed by atoms with E-state index in [1.165, 1.54) is 0 Å². The molecule has 1 atom stereocenters. The summed E-state index contributed by atoms with van der Waals surface area (Å²) in [5, 5.41) is 14.2. The molecule has 0 saturated carbocycles. The summed E-state index contributed by atoms with van der Waals surface area (Å²) in [6, 6.07) is 7.30. The van der Waals surface area contributed by atoms with Crippen LogP contribution in [0, 0.1) is 10.1 Å². The van der Waals surface area contributed by atoms with E-state index in [4.69, 9.17) is 0 Å². The summed E-state index contributed by atoms with van der Waals surface area (Å²) >= 11 is 1.54. The van der Waals surface area contributed by atoms with Crippen molar-refractivity contribution in [1.82, 2.24) is 5.32 Å². The first-order chi connectivity index (χ1) is 8.19. The Morgan fingerprint density at radius 2 is 2.12 bits per heavy atom. The first-order valence-corrected chi connectivity index (χ1v) is 6.77. The Hall–Kier alpha value is -1.07. The van der Waals surface area contributed by atoms with E-state index in [0.29, 0.717) is 6.04 Å². The Morgan fingerprint density at radius 1 is 1.41 bits per heavy atom. The van der Waals surface area contributed by atoms with Crippen molar-refractivity contribution < 1.29 is 4.92 Å². The highest BCUT2D eigenvalue weighted by Gasteiger charge is 2.14. The largest absolute Gasteiger partial charge is 0.313 e. The third-order valence-electron chi connectivity index (χ3n) is 2.49. The zero-order valence-electron chi connectivity index (χ0n) is 10.2. The Bertz CT molecular complexity index is 371. The lowest BCUT2D eigenvalue weighted by atomic mass is 10.2. The number of benzene rings is 1. The van der Waals surface area contributed by atoms with Gasteiger partial charge in [-0.2, -0.15) is 0 Å². The Morgan fingerprint density at radius 3 is 2.71 bits per heavy atom. The van der Waals surface area contributed by atoms with Crippen molar-refractivity contribution in [3.05, 3.63) is 34.4 Å². The monoisotopic (exact) mass is 254 g/mol. The number of nitro groups is 1. The van der Waals surface area contributed by atoms with Crippen molar-refractivity contribution in [2.75, 3.05) is 12.3 Å². The quantitative estimate of drug-likeness (QED) is 0.461. The first-order valence-electron chi connectivity index (χ1n) is 5.78. The van der Waals surface area contributed by atoms with Gasteiger partial charge >= 0.3 is 0 Å². The van der Waals surface area contributed by atoms with Crippen LogP contribution in [0.2, 0.25) is 0 Å². The van der Waals surface area contributed by atoms with E-state index in [2.05, 4.69) is 19.2 Å². The predicted octanol–water partition coefficient (Wildman–Crippen LogP) is 3.08. The van der Waals surface area contributed by atoms with Crippen LogP contribution in [0.3, 0.4) is 0 Å². The molecule has 1 N–H and O–H groups in total. The number of hydrogen-bond acceptors (Lipinski definition) is 4. The lowest BCUT2D eigenvalue weighted by Crippen LogP contribution is -2.30. The molecule has 0 aliphatic rings. The minimum atomic E-state index is -0.323. The minimum Gasteiger partial charge on any atom is -0.313 e. The van der Waals surface area contributed by atoms with Crippen molar-refractivity contribution in [1.29, 1.82) is 0 Å². The van der Waals surface area contributed by atoms with Crippen LogP contribution < -0.4 is 5.32 Å². The Balaban J connectivity index is 2.65. The average molecular weight is 254 g/mol. The van der Waals surface area contributed by atoms with E-state index < -0.39 is 0 Å². The van der Waals surface area contributed by atoms with E-state index in [9.17, 15) is 10.1 Å². The number of thioether (sulfide) groups is 1. The second kappa shape index (κ2) is 7.29. The normalized spacial score (nSPS) is 12.4. The smallest absolute Gasteiger partial charge is 0.282 e. The van der Waals surface area contributed by atoms with Crippen LogP contribution in [0.5, 0.6) is 0 Å². The molecule has 0 spiro atoms. The highest BCUT2D eigenvalue weighted by atomic mass is 32.2. The van der Waals surface area contributed by atoms with Gasteiger partial charge in [-0.15, -0.1) is 11.8 Å². The summed E-state index contributed by atoms with van der Waals surface area (Å²) in [6.07, 6.45) is 1.03. The van der Waals surface area contributed by atoms with Gasteiger partial charge in [0.25, 0.3) is 5.69 Å². The summed E-state index contributed by atoms with van der Waals surface area (Å²) in [5.74, 6) is 0.856. The summed E-state index contributed by atoms with van der Waals surface area (Å²) in [7, 11) is 0. The standard InChI is InChI=1S/C12H18N2O2S/c1-3-10(13-4-2)9-17-12-8-6-5-7-11(12)14(15)16/h5-8,10,13H,3-4,9H2,1-2H3. The molecule has 17 heavy (non-hydrogen) atoms. The molecule has 0 radical (unpaired) electrons. The minimum absolute atomic E-state index is 0.198. The van der Waals surface area contributed by atoms with Crippen LogP contribution >= 0.6 is 11.8 Å². The third-order valence-corrected chi connectivity index (χ3v) is 3.71. The lowest BCUT2D eigenvalue weighted by molar-refractivity contribution is -0.387. The number of para-hydroxylation sites is 1. The number of nitrogens with one attached hydrogen (secondary N) is 1. The van der Waals surface area contributed by atoms with Gasteiger partial charge in [-0.3, -0.25) is 10.1 Å². The molecule has 1 rings (SSSR count). The molecule has 0 amide bonds. The molecule has 0 saturated heterocycles. The highest BCUT2D eigenvalue weighted by molar-refractivity contribution is 7.99. The second-order valence-corrected chi connectivity index (χ2v) is 4.76. The Kier molecular flexibility index (Phi) is 6.00. The third kappa shape index (κ3) is 4.36. The molecule has 4 nitrogen and oxygen atoms in total. The van der Waals surface area contributed by atoms with E-state index in [0.717, 1.165) is 23.6 Å². The van der Waals surface area contributed by atoms with Gasteiger partial charge in [-0.05, 0) is 19.0 Å². The van der Waals surface area contributed by atoms with Crippen molar-refractivity contribution in [3.63, 3.8) is 0 Å². The Labute approximate surface area is 106 Å². The highest BCUT2D eigenvalue weighted by Crippen LogP contribution is 2.29. The van der Waals surface area contributed by atoms with E-state index >= 15 is 0 Å². The summed E-state index contributed by atoms with van der Waals surface area (Å²) in [5.41, 5.74) is 0.198. The molecular weight excluding hydrogens is 236 g/mol. The molecule has 0 bridgehead atoms. The molecule has 5 heteroatoms. The SMILES string of the molecule is CCNC(CC)CSc1ccccc1[N+](=O)[O-]. The van der Waals surface area contributed by atoms with Crippen LogP contribution in [0.1, 0.15) is 20.3 Å². The van der Waals surface area contributed by atoms with E-state index in [1.54, 1.807) is 23.9 Å². The number of nitrogens with zero attached hydrogens (tertiary/aromatic N) is 1. The van der Waals surface area contributed by atoms with Gasteiger partial charge < -0.3 is 5.32 Å². The fourth-order valence-electron chi connectivity index (χ4n) is 1.53. The molecule has 1 aromatic rings. The maximum atomic E-state index is 10.8. The van der Waals surface area contributed by atoms with Gasteiger partial charge in [0.1, 0.15) is 0 Å². The number of hydrogen-bond donors (Lipinski definition) is 1. The fourth-order valence-corrected chi connectivity index (χ4v) is 2.73. The van der Waals surface area contributed by atoms with Crippen LogP contribution in [0.4, 0.5) is 5.69 Å². The zero-order valence-corrected chi connectivity index (χ0v) is 11.0. The molecule has 1 unspecified atom stereocenters. The average Bonchev–Trinajstić information content (AvgIpc) is 2.34. The molecule has 1 aromatic carbocycles. The van der Waals surface area contributed by atoms with Crippen molar-refractivity contribution in [2.45, 2.75) is 31.2 Å². The second-order valence-electron chi connectivity index (χ2n) is 3.70. The summed E-state index contributed by atoms with van der Waals surface area (Å²) in [4.78, 5) is 11.3. The fraction of sp³-hybridized carbons (Fsp3) is 0.500. The molecule has 0 fully saturated rings. The van der Waals surface area contributed by atoms with E-state index in [-0.39, 0.29) is 10.6 Å². The maximum absolute atomic E-state index is 10.8. The van der Waals surface area contributed by atoms with Gasteiger partial charge in [0, 0.05) is 17.9 Å². The maximum Gasteiger partial charge on any atom is 0.282 e. The van der Waals surface area contributed by atoms with Crippen LogP contribution in [0.15, 0.2) is 29.2 Å². The lowest BCUT2D eigenvalue weighted by Gasteiger charge is -2.14. The summed E-state index contributed by atoms with van der Waals surface area (Å²) in [6.45, 7) is 5.11. The van der Waals surface area contributed by atoms with Gasteiger partial charge in [0.05, 0.1) is 9.82 Å². The van der Waals surface area contributed by atoms with Crippen molar-refractivity contribution >= 4 is 17.4 Å². The molecule has 0 aromatic heterocycles. The van der Waals surface area contributed by atoms with Gasteiger partial charge in [0.2, 0.25) is 0 Å². The molecule has 0 aliphatic heterocycles. The topological polar surface area (TPSA) is 55.2 Å². The first kappa shape index (κ1) is 14.0. The van der Waals surface area contributed by atoms with Crippen molar-refractivity contribution in [3.8, 4) is 0 Å².